The molecule has 0 spiro atoms. The van der Waals surface area contributed by atoms with E-state index in [9.17, 15) is 8.42 Å². The molecular weight excluding hydrogens is 406 g/mol. The van der Waals surface area contributed by atoms with Gasteiger partial charge in [0.25, 0.3) is 10.0 Å². The van der Waals surface area contributed by atoms with Crippen LogP contribution in [-0.2, 0) is 10.0 Å². The van der Waals surface area contributed by atoms with Crippen LogP contribution in [0.5, 0.6) is 0 Å². The predicted molar refractivity (Wildman–Crippen MR) is 116 cm³/mol. The number of piperazine rings is 2. The number of nitrogens with one attached hydrogen (secondary N) is 1. The summed E-state index contributed by atoms with van der Waals surface area (Å²) < 4.78 is 28.6. The Hall–Kier alpha value is -2.12. The molecule has 7 nitrogen and oxygen atoms in total. The molecule has 2 aromatic rings. The van der Waals surface area contributed by atoms with Crippen molar-refractivity contribution in [2.75, 3.05) is 55.6 Å². The Balaban J connectivity index is 1.47. The molecule has 2 saturated heterocycles. The van der Waals surface area contributed by atoms with Gasteiger partial charge in [0.05, 0.1) is 16.6 Å². The van der Waals surface area contributed by atoms with E-state index in [1.807, 2.05) is 25.1 Å². The third-order valence-corrected chi connectivity index (χ3v) is 9.11. The molecule has 1 aromatic carbocycles. The van der Waals surface area contributed by atoms with Gasteiger partial charge in [-0.2, -0.15) is 9.57 Å². The number of hydrogen-bond acceptors (Lipinski definition) is 7. The van der Waals surface area contributed by atoms with E-state index in [1.54, 1.807) is 22.5 Å². The van der Waals surface area contributed by atoms with Crippen molar-refractivity contribution in [1.82, 2.24) is 9.62 Å². The van der Waals surface area contributed by atoms with Gasteiger partial charge in [0, 0.05) is 57.5 Å². The number of hydrogen-bond donors (Lipinski definition) is 1. The molecule has 9 heteroatoms. The number of benzene rings is 1. The number of rotatable bonds is 4. The van der Waals surface area contributed by atoms with E-state index < -0.39 is 10.0 Å². The Morgan fingerprint density at radius 1 is 1.03 bits per heavy atom. The zero-order valence-electron chi connectivity index (χ0n) is 16.4. The van der Waals surface area contributed by atoms with Crippen molar-refractivity contribution < 1.29 is 8.42 Å². The number of sulfonamides is 1. The van der Waals surface area contributed by atoms with Crippen molar-refractivity contribution in [3.05, 3.63) is 42.0 Å². The first-order valence-corrected chi connectivity index (χ1v) is 12.1. The quantitative estimate of drug-likeness (QED) is 0.797. The number of nitriles is 1. The largest absolute Gasteiger partial charge is 0.369 e. The van der Waals surface area contributed by atoms with Crippen LogP contribution < -0.4 is 15.1 Å². The van der Waals surface area contributed by atoms with Gasteiger partial charge in [-0.05, 0) is 43.3 Å². The number of thiophene rings is 1. The van der Waals surface area contributed by atoms with Crippen LogP contribution in [0.2, 0.25) is 0 Å². The lowest BCUT2D eigenvalue weighted by Gasteiger charge is -2.39. The number of anilines is 2. The molecular formula is C20H25N5O2S2. The minimum atomic E-state index is -3.51. The third kappa shape index (κ3) is 4.12. The summed E-state index contributed by atoms with van der Waals surface area (Å²) in [6.45, 7) is 7.32. The SMILES string of the molecule is C[C@@H]1CN(c2ccc(C#N)cc2)CCN1S(=O)(=O)c1ccc(N2CCNCC2)s1. The van der Waals surface area contributed by atoms with Crippen molar-refractivity contribution in [2.45, 2.75) is 17.2 Å². The lowest BCUT2D eigenvalue weighted by atomic mass is 10.1. The Morgan fingerprint density at radius 3 is 2.41 bits per heavy atom. The minimum absolute atomic E-state index is 0.130. The first kappa shape index (κ1) is 20.2. The normalized spacial score (nSPS) is 21.2. The van der Waals surface area contributed by atoms with E-state index in [-0.39, 0.29) is 6.04 Å². The molecule has 0 unspecified atom stereocenters. The van der Waals surface area contributed by atoms with Crippen molar-refractivity contribution >= 4 is 32.0 Å². The molecule has 1 N–H and O–H groups in total. The maximum Gasteiger partial charge on any atom is 0.252 e. The van der Waals surface area contributed by atoms with Crippen molar-refractivity contribution in [3.8, 4) is 6.07 Å². The fraction of sp³-hybridized carbons (Fsp3) is 0.450. The average Bonchev–Trinajstić information content (AvgIpc) is 3.25. The Labute approximate surface area is 176 Å². The number of nitrogens with zero attached hydrogens (tertiary/aromatic N) is 4. The summed E-state index contributed by atoms with van der Waals surface area (Å²) in [6, 6.07) is 13.1. The summed E-state index contributed by atoms with van der Waals surface area (Å²) in [7, 11) is -3.51. The van der Waals surface area contributed by atoms with Gasteiger partial charge in [0.2, 0.25) is 0 Å². The first-order valence-electron chi connectivity index (χ1n) is 9.81. The van der Waals surface area contributed by atoms with Gasteiger partial charge < -0.3 is 15.1 Å². The Morgan fingerprint density at radius 2 is 1.76 bits per heavy atom. The van der Waals surface area contributed by atoms with Crippen LogP contribution in [0.1, 0.15) is 12.5 Å². The van der Waals surface area contributed by atoms with Crippen LogP contribution in [0.15, 0.2) is 40.6 Å². The van der Waals surface area contributed by atoms with Gasteiger partial charge in [-0.15, -0.1) is 11.3 Å². The molecule has 0 saturated carbocycles. The zero-order chi connectivity index (χ0) is 20.4. The molecule has 0 amide bonds. The van der Waals surface area contributed by atoms with Crippen molar-refractivity contribution in [2.24, 2.45) is 0 Å². The fourth-order valence-corrected chi connectivity index (χ4v) is 6.99. The van der Waals surface area contributed by atoms with E-state index in [2.05, 4.69) is 21.2 Å². The molecule has 0 bridgehead atoms. The molecule has 29 heavy (non-hydrogen) atoms. The summed E-state index contributed by atoms with van der Waals surface area (Å²) in [5.74, 6) is 0. The van der Waals surface area contributed by atoms with Gasteiger partial charge >= 0.3 is 0 Å². The second-order valence-corrected chi connectivity index (χ2v) is 10.6. The van der Waals surface area contributed by atoms with Gasteiger partial charge in [-0.3, -0.25) is 0 Å². The lowest BCUT2D eigenvalue weighted by molar-refractivity contribution is 0.307. The molecule has 3 heterocycles. The molecule has 1 atom stereocenters. The summed E-state index contributed by atoms with van der Waals surface area (Å²) in [6.07, 6.45) is 0. The monoisotopic (exact) mass is 431 g/mol. The van der Waals surface area contributed by atoms with Gasteiger partial charge in [0.15, 0.2) is 0 Å². The fourth-order valence-electron chi connectivity index (χ4n) is 3.90. The highest BCUT2D eigenvalue weighted by molar-refractivity contribution is 7.91. The van der Waals surface area contributed by atoms with E-state index in [4.69, 9.17) is 5.26 Å². The van der Waals surface area contributed by atoms with Crippen LogP contribution in [0.3, 0.4) is 0 Å². The molecule has 1 aromatic heterocycles. The molecule has 0 aliphatic carbocycles. The smallest absolute Gasteiger partial charge is 0.252 e. The van der Waals surface area contributed by atoms with Crippen molar-refractivity contribution in [3.63, 3.8) is 0 Å². The summed E-state index contributed by atoms with van der Waals surface area (Å²) in [5.41, 5.74) is 1.64. The van der Waals surface area contributed by atoms with Crippen LogP contribution in [-0.4, -0.2) is 64.6 Å². The summed E-state index contributed by atoms with van der Waals surface area (Å²) >= 11 is 1.37. The van der Waals surface area contributed by atoms with Gasteiger partial charge in [-0.25, -0.2) is 8.42 Å². The zero-order valence-corrected chi connectivity index (χ0v) is 18.0. The highest BCUT2D eigenvalue weighted by atomic mass is 32.2. The van der Waals surface area contributed by atoms with Crippen LogP contribution in [0.4, 0.5) is 10.7 Å². The van der Waals surface area contributed by atoms with Crippen LogP contribution in [0, 0.1) is 11.3 Å². The molecule has 0 radical (unpaired) electrons. The second-order valence-electron chi connectivity index (χ2n) is 7.40. The summed E-state index contributed by atoms with van der Waals surface area (Å²) in [5, 5.41) is 13.3. The third-order valence-electron chi connectivity index (χ3n) is 5.49. The first-order chi connectivity index (χ1) is 14.0. The molecule has 2 aliphatic heterocycles. The maximum atomic E-state index is 13.3. The Kier molecular flexibility index (Phi) is 5.79. The summed E-state index contributed by atoms with van der Waals surface area (Å²) in [4.78, 5) is 4.42. The molecule has 154 valence electrons. The van der Waals surface area contributed by atoms with E-state index in [0.717, 1.165) is 36.9 Å². The molecule has 2 fully saturated rings. The lowest BCUT2D eigenvalue weighted by Crippen LogP contribution is -2.53. The molecule has 2 aliphatic rings. The standard InChI is InChI=1S/C20H25N5O2S2/c1-16-15-24(18-4-2-17(14-21)3-5-18)12-13-25(16)29(26,27)20-7-6-19(28-20)23-10-8-22-9-11-23/h2-7,16,22H,8-13,15H2,1H3/t16-/m1/s1. The van der Waals surface area contributed by atoms with Gasteiger partial charge in [0.1, 0.15) is 4.21 Å². The molecule has 4 rings (SSSR count). The van der Waals surface area contributed by atoms with E-state index >= 15 is 0 Å². The van der Waals surface area contributed by atoms with Crippen molar-refractivity contribution in [1.29, 1.82) is 5.26 Å². The maximum absolute atomic E-state index is 13.3. The van der Waals surface area contributed by atoms with Crippen LogP contribution >= 0.6 is 11.3 Å². The topological polar surface area (TPSA) is 79.7 Å². The highest BCUT2D eigenvalue weighted by Gasteiger charge is 2.35. The van der Waals surface area contributed by atoms with Crippen LogP contribution in [0.25, 0.3) is 0 Å². The van der Waals surface area contributed by atoms with E-state index in [0.29, 0.717) is 29.4 Å². The predicted octanol–water partition coefficient (Wildman–Crippen LogP) is 1.93. The minimum Gasteiger partial charge on any atom is -0.369 e. The highest BCUT2D eigenvalue weighted by Crippen LogP contribution is 2.33. The average molecular weight is 432 g/mol. The van der Waals surface area contributed by atoms with E-state index in [1.165, 1.54) is 11.3 Å². The second kappa shape index (κ2) is 8.32. The van der Waals surface area contributed by atoms with Gasteiger partial charge in [-0.1, -0.05) is 0 Å². The Bertz CT molecular complexity index is 991.